The topological polar surface area (TPSA) is 116 Å². The third-order valence-electron chi connectivity index (χ3n) is 3.86. The standard InChI is InChI=1S/C16H20ClN3O6S/c1-16(2,3)14-11(9-17)15(21)19(26-14)12-7-6-10(8-13(12)20(22)23)27(24,25)18(4)5/h6-8H,9H2,1-5H3. The van der Waals surface area contributed by atoms with E-state index in [-0.39, 0.29) is 22.0 Å². The van der Waals surface area contributed by atoms with Crippen LogP contribution in [0.3, 0.4) is 0 Å². The molecular formula is C16H20ClN3O6S. The first-order chi connectivity index (χ1) is 12.3. The summed E-state index contributed by atoms with van der Waals surface area (Å²) in [6, 6.07) is 3.25. The summed E-state index contributed by atoms with van der Waals surface area (Å²) in [5.41, 5.74) is -1.73. The highest BCUT2D eigenvalue weighted by molar-refractivity contribution is 7.89. The number of hydrogen-bond acceptors (Lipinski definition) is 6. The van der Waals surface area contributed by atoms with Crippen molar-refractivity contribution in [2.24, 2.45) is 0 Å². The minimum absolute atomic E-state index is 0.122. The van der Waals surface area contributed by atoms with Crippen molar-refractivity contribution in [3.63, 3.8) is 0 Å². The second-order valence-corrected chi connectivity index (χ2v) is 9.50. The van der Waals surface area contributed by atoms with Gasteiger partial charge in [-0.25, -0.2) is 12.7 Å². The van der Waals surface area contributed by atoms with Crippen molar-refractivity contribution in [1.29, 1.82) is 0 Å². The van der Waals surface area contributed by atoms with Crippen molar-refractivity contribution in [1.82, 2.24) is 9.05 Å². The first-order valence-electron chi connectivity index (χ1n) is 7.85. The molecule has 0 aliphatic carbocycles. The van der Waals surface area contributed by atoms with E-state index >= 15 is 0 Å². The Labute approximate surface area is 161 Å². The van der Waals surface area contributed by atoms with E-state index in [4.69, 9.17) is 16.1 Å². The Kier molecular flexibility index (Phi) is 5.56. The maximum Gasteiger partial charge on any atom is 0.297 e. The van der Waals surface area contributed by atoms with Gasteiger partial charge in [-0.2, -0.15) is 0 Å². The molecule has 1 aromatic heterocycles. The maximum atomic E-state index is 12.7. The number of hydrogen-bond donors (Lipinski definition) is 0. The SMILES string of the molecule is CN(C)S(=O)(=O)c1ccc(-n2oc(C(C)(C)C)c(CCl)c2=O)c([N+](=O)[O-])c1. The number of alkyl halides is 1. The zero-order valence-electron chi connectivity index (χ0n) is 15.5. The van der Waals surface area contributed by atoms with Crippen LogP contribution < -0.4 is 5.56 Å². The maximum absolute atomic E-state index is 12.7. The summed E-state index contributed by atoms with van der Waals surface area (Å²) in [6.45, 7) is 5.44. The quantitative estimate of drug-likeness (QED) is 0.419. The number of nitro groups is 1. The van der Waals surface area contributed by atoms with Crippen molar-refractivity contribution in [2.45, 2.75) is 37.0 Å². The van der Waals surface area contributed by atoms with Crippen LogP contribution in [0.1, 0.15) is 32.1 Å². The Bertz CT molecular complexity index is 1050. The average molecular weight is 418 g/mol. The van der Waals surface area contributed by atoms with E-state index in [0.29, 0.717) is 5.76 Å². The molecule has 0 aliphatic rings. The predicted octanol–water partition coefficient (Wildman–Crippen LogP) is 2.63. The predicted molar refractivity (Wildman–Crippen MR) is 100 cm³/mol. The molecule has 1 heterocycles. The minimum atomic E-state index is -3.88. The third kappa shape index (κ3) is 3.78. The first-order valence-corrected chi connectivity index (χ1v) is 9.82. The van der Waals surface area contributed by atoms with Crippen molar-refractivity contribution < 1.29 is 17.9 Å². The fourth-order valence-electron chi connectivity index (χ4n) is 2.47. The molecule has 0 saturated heterocycles. The molecule has 0 N–H and O–H groups in total. The molecule has 0 fully saturated rings. The van der Waals surface area contributed by atoms with Crippen LogP contribution in [0.15, 0.2) is 32.4 Å². The van der Waals surface area contributed by atoms with Gasteiger partial charge in [0.05, 0.1) is 21.3 Å². The Morgan fingerprint density at radius 1 is 1.30 bits per heavy atom. The lowest BCUT2D eigenvalue weighted by molar-refractivity contribution is -0.385. The van der Waals surface area contributed by atoms with Gasteiger partial charge in [0.1, 0.15) is 5.76 Å². The largest absolute Gasteiger partial charge is 0.375 e. The Hall–Kier alpha value is -2.17. The Balaban J connectivity index is 2.80. The zero-order valence-corrected chi connectivity index (χ0v) is 17.1. The summed E-state index contributed by atoms with van der Waals surface area (Å²) in [4.78, 5) is 23.2. The van der Waals surface area contributed by atoms with Gasteiger partial charge in [-0.3, -0.25) is 14.9 Å². The van der Waals surface area contributed by atoms with Crippen molar-refractivity contribution in [3.8, 4) is 5.69 Å². The van der Waals surface area contributed by atoms with Crippen LogP contribution in [-0.2, 0) is 21.3 Å². The molecule has 0 unspecified atom stereocenters. The van der Waals surface area contributed by atoms with Gasteiger partial charge in [0.15, 0.2) is 5.69 Å². The summed E-state index contributed by atoms with van der Waals surface area (Å²) in [5.74, 6) is 0.185. The number of sulfonamides is 1. The van der Waals surface area contributed by atoms with E-state index in [2.05, 4.69) is 0 Å². The fourth-order valence-corrected chi connectivity index (χ4v) is 3.62. The van der Waals surface area contributed by atoms with Crippen molar-refractivity contribution in [3.05, 3.63) is 50.0 Å². The summed E-state index contributed by atoms with van der Waals surface area (Å²) >= 11 is 5.87. The van der Waals surface area contributed by atoms with E-state index in [9.17, 15) is 23.3 Å². The second kappa shape index (κ2) is 7.10. The lowest BCUT2D eigenvalue weighted by Gasteiger charge is -2.15. The van der Waals surface area contributed by atoms with Crippen LogP contribution in [0.25, 0.3) is 5.69 Å². The Morgan fingerprint density at radius 3 is 2.30 bits per heavy atom. The third-order valence-corrected chi connectivity index (χ3v) is 5.93. The van der Waals surface area contributed by atoms with Gasteiger partial charge in [0, 0.05) is 25.6 Å². The van der Waals surface area contributed by atoms with Gasteiger partial charge >= 0.3 is 0 Å². The summed E-state index contributed by atoms with van der Waals surface area (Å²) in [5, 5.41) is 11.5. The molecule has 2 rings (SSSR count). The number of halogens is 1. The summed E-state index contributed by atoms with van der Waals surface area (Å²) < 4.78 is 31.8. The summed E-state index contributed by atoms with van der Waals surface area (Å²) in [7, 11) is -1.26. The lowest BCUT2D eigenvalue weighted by Crippen LogP contribution is -2.22. The smallest absolute Gasteiger partial charge is 0.297 e. The Morgan fingerprint density at radius 2 is 1.89 bits per heavy atom. The molecule has 0 spiro atoms. The van der Waals surface area contributed by atoms with Gasteiger partial charge in [0.25, 0.3) is 11.2 Å². The molecule has 0 saturated carbocycles. The van der Waals surface area contributed by atoms with E-state index < -0.39 is 31.6 Å². The van der Waals surface area contributed by atoms with E-state index in [1.807, 2.05) is 20.8 Å². The molecule has 27 heavy (non-hydrogen) atoms. The molecule has 2 aromatic rings. The number of nitro benzene ring substituents is 1. The second-order valence-electron chi connectivity index (χ2n) is 7.08. The van der Waals surface area contributed by atoms with Crippen LogP contribution >= 0.6 is 11.6 Å². The average Bonchev–Trinajstić information content (AvgIpc) is 2.90. The van der Waals surface area contributed by atoms with E-state index in [1.165, 1.54) is 26.2 Å². The zero-order chi connectivity index (χ0) is 20.7. The number of aromatic nitrogens is 1. The molecule has 0 atom stereocenters. The molecule has 0 aliphatic heterocycles. The highest BCUT2D eigenvalue weighted by atomic mass is 35.5. The van der Waals surface area contributed by atoms with Crippen LogP contribution in [0.2, 0.25) is 0 Å². The van der Waals surface area contributed by atoms with Gasteiger partial charge in [-0.05, 0) is 12.1 Å². The molecule has 0 amide bonds. The number of benzene rings is 1. The molecule has 9 nitrogen and oxygen atoms in total. The normalized spacial score (nSPS) is 12.6. The molecule has 11 heteroatoms. The number of nitrogens with zero attached hydrogens (tertiary/aromatic N) is 3. The first kappa shape index (κ1) is 21.1. The van der Waals surface area contributed by atoms with E-state index in [0.717, 1.165) is 15.1 Å². The molecule has 1 aromatic carbocycles. The monoisotopic (exact) mass is 417 g/mol. The van der Waals surface area contributed by atoms with Crippen LogP contribution in [0.5, 0.6) is 0 Å². The fraction of sp³-hybridized carbons (Fsp3) is 0.438. The molecular weight excluding hydrogens is 398 g/mol. The van der Waals surface area contributed by atoms with Gasteiger partial charge in [-0.15, -0.1) is 16.3 Å². The molecule has 0 radical (unpaired) electrons. The highest BCUT2D eigenvalue weighted by Crippen LogP contribution is 2.31. The van der Waals surface area contributed by atoms with Crippen LogP contribution in [0, 0.1) is 10.1 Å². The van der Waals surface area contributed by atoms with Crippen molar-refractivity contribution >= 4 is 27.3 Å². The highest BCUT2D eigenvalue weighted by Gasteiger charge is 2.31. The van der Waals surface area contributed by atoms with Crippen LogP contribution in [0.4, 0.5) is 5.69 Å². The molecule has 148 valence electrons. The van der Waals surface area contributed by atoms with Gasteiger partial charge < -0.3 is 4.52 Å². The van der Waals surface area contributed by atoms with Gasteiger partial charge in [0.2, 0.25) is 10.0 Å². The van der Waals surface area contributed by atoms with Crippen LogP contribution in [-0.4, -0.2) is 36.5 Å². The van der Waals surface area contributed by atoms with Crippen molar-refractivity contribution in [2.75, 3.05) is 14.1 Å². The van der Waals surface area contributed by atoms with E-state index in [1.54, 1.807) is 0 Å². The van der Waals surface area contributed by atoms with Gasteiger partial charge in [-0.1, -0.05) is 20.8 Å². The molecule has 0 bridgehead atoms. The summed E-state index contributed by atoms with van der Waals surface area (Å²) in [6.07, 6.45) is 0. The minimum Gasteiger partial charge on any atom is -0.375 e. The lowest BCUT2D eigenvalue weighted by atomic mass is 9.91. The number of rotatable bonds is 5.